The first-order valence-electron chi connectivity index (χ1n) is 6.88. The number of rotatable bonds is 6. The fourth-order valence-electron chi connectivity index (χ4n) is 1.46. The largest absolute Gasteiger partial charge is 0.354 e. The van der Waals surface area contributed by atoms with Crippen LogP contribution in [0.3, 0.4) is 0 Å². The molecule has 0 bridgehead atoms. The maximum absolute atomic E-state index is 11.9. The van der Waals surface area contributed by atoms with Gasteiger partial charge in [-0.05, 0) is 40.5 Å². The first-order chi connectivity index (χ1) is 8.53. The summed E-state index contributed by atoms with van der Waals surface area (Å²) in [6, 6.07) is -0.793. The van der Waals surface area contributed by atoms with Crippen molar-refractivity contribution in [2.75, 3.05) is 6.54 Å². The zero-order valence-corrected chi connectivity index (χ0v) is 13.3. The quantitative estimate of drug-likeness (QED) is 0.676. The highest BCUT2D eigenvalue weighted by Crippen LogP contribution is 2.00. The zero-order valence-electron chi connectivity index (χ0n) is 13.3. The molecule has 3 N–H and O–H groups in total. The minimum Gasteiger partial charge on any atom is -0.354 e. The third kappa shape index (κ3) is 8.59. The van der Waals surface area contributed by atoms with Crippen LogP contribution in [0, 0.1) is 5.92 Å². The van der Waals surface area contributed by atoms with E-state index in [1.54, 1.807) is 13.8 Å². The van der Waals surface area contributed by atoms with Gasteiger partial charge >= 0.3 is 0 Å². The lowest BCUT2D eigenvalue weighted by Crippen LogP contribution is -2.54. The van der Waals surface area contributed by atoms with Gasteiger partial charge in [-0.3, -0.25) is 14.9 Å². The molecule has 2 atom stereocenters. The normalized spacial score (nSPS) is 14.9. The van der Waals surface area contributed by atoms with Crippen molar-refractivity contribution in [3.63, 3.8) is 0 Å². The molecule has 0 aromatic rings. The molecule has 0 saturated heterocycles. The van der Waals surface area contributed by atoms with E-state index in [4.69, 9.17) is 0 Å². The summed E-state index contributed by atoms with van der Waals surface area (Å²) in [5.41, 5.74) is -0.268. The van der Waals surface area contributed by atoms with Crippen LogP contribution >= 0.6 is 0 Å². The maximum atomic E-state index is 11.9. The van der Waals surface area contributed by atoms with E-state index in [1.807, 2.05) is 34.6 Å². The number of hydrogen-bond donors (Lipinski definition) is 3. The van der Waals surface area contributed by atoms with Gasteiger partial charge in [0.25, 0.3) is 0 Å². The molecule has 0 aliphatic rings. The van der Waals surface area contributed by atoms with E-state index in [1.165, 1.54) is 0 Å². The molecule has 0 fully saturated rings. The predicted octanol–water partition coefficient (Wildman–Crippen LogP) is 1.04. The summed E-state index contributed by atoms with van der Waals surface area (Å²) in [5.74, 6) is 0.234. The van der Waals surface area contributed by atoms with Crippen molar-refractivity contribution < 1.29 is 9.59 Å². The molecule has 0 aliphatic carbocycles. The average Bonchev–Trinajstić information content (AvgIpc) is 2.23. The summed E-state index contributed by atoms with van der Waals surface area (Å²) >= 11 is 0. The second-order valence-corrected chi connectivity index (χ2v) is 6.49. The van der Waals surface area contributed by atoms with Crippen molar-refractivity contribution in [1.82, 2.24) is 16.0 Å². The van der Waals surface area contributed by atoms with Gasteiger partial charge < -0.3 is 10.6 Å². The van der Waals surface area contributed by atoms with Gasteiger partial charge in [-0.25, -0.2) is 0 Å². The van der Waals surface area contributed by atoms with Crippen molar-refractivity contribution in [2.24, 2.45) is 5.92 Å². The minimum atomic E-state index is -0.404. The summed E-state index contributed by atoms with van der Waals surface area (Å²) in [5, 5.41) is 8.72. The SMILES string of the molecule is CC(C)CNC(=O)C(C)NC(C)C(=O)NC(C)(C)C. The molecular formula is C14H29N3O2. The second kappa shape index (κ2) is 7.48. The molecule has 0 aromatic carbocycles. The standard InChI is InChI=1S/C14H29N3O2/c1-9(2)8-15-12(18)10(3)16-11(4)13(19)17-14(5,6)7/h9-11,16H,8H2,1-7H3,(H,15,18)(H,17,19). The summed E-state index contributed by atoms with van der Waals surface area (Å²) in [7, 11) is 0. The predicted molar refractivity (Wildman–Crippen MR) is 77.8 cm³/mol. The van der Waals surface area contributed by atoms with Crippen molar-refractivity contribution in [1.29, 1.82) is 0 Å². The van der Waals surface area contributed by atoms with Gasteiger partial charge in [0.05, 0.1) is 12.1 Å². The van der Waals surface area contributed by atoms with Crippen LogP contribution in [0.1, 0.15) is 48.5 Å². The van der Waals surface area contributed by atoms with Gasteiger partial charge in [0.15, 0.2) is 0 Å². The molecule has 2 unspecified atom stereocenters. The first-order valence-corrected chi connectivity index (χ1v) is 6.88. The Morgan fingerprint density at radius 3 is 1.84 bits per heavy atom. The number of carbonyl (C=O) groups is 2. The van der Waals surface area contributed by atoms with Gasteiger partial charge in [-0.2, -0.15) is 0 Å². The summed E-state index contributed by atoms with van der Waals surface area (Å²) in [6.07, 6.45) is 0. The number of hydrogen-bond acceptors (Lipinski definition) is 3. The van der Waals surface area contributed by atoms with E-state index in [0.29, 0.717) is 12.5 Å². The number of carbonyl (C=O) groups excluding carboxylic acids is 2. The van der Waals surface area contributed by atoms with E-state index in [0.717, 1.165) is 0 Å². The third-order valence-electron chi connectivity index (χ3n) is 2.47. The van der Waals surface area contributed by atoms with Gasteiger partial charge in [0.2, 0.25) is 11.8 Å². The van der Waals surface area contributed by atoms with E-state index in [9.17, 15) is 9.59 Å². The fraction of sp³-hybridized carbons (Fsp3) is 0.857. The fourth-order valence-corrected chi connectivity index (χ4v) is 1.46. The Hall–Kier alpha value is -1.10. The molecular weight excluding hydrogens is 242 g/mol. The zero-order chi connectivity index (χ0) is 15.2. The van der Waals surface area contributed by atoms with E-state index < -0.39 is 6.04 Å². The first kappa shape index (κ1) is 17.9. The lowest BCUT2D eigenvalue weighted by Gasteiger charge is -2.25. The highest BCUT2D eigenvalue weighted by molar-refractivity contribution is 5.85. The summed E-state index contributed by atoms with van der Waals surface area (Å²) < 4.78 is 0. The molecule has 0 saturated carbocycles. The Morgan fingerprint density at radius 1 is 0.947 bits per heavy atom. The van der Waals surface area contributed by atoms with Crippen molar-refractivity contribution in [2.45, 2.75) is 66.1 Å². The van der Waals surface area contributed by atoms with Crippen molar-refractivity contribution in [3.05, 3.63) is 0 Å². The number of nitrogens with one attached hydrogen (secondary N) is 3. The number of amides is 2. The summed E-state index contributed by atoms with van der Waals surface area (Å²) in [6.45, 7) is 14.0. The molecule has 0 aliphatic heterocycles. The molecule has 5 nitrogen and oxygen atoms in total. The van der Waals surface area contributed by atoms with Crippen LogP contribution in [-0.2, 0) is 9.59 Å². The summed E-state index contributed by atoms with van der Waals surface area (Å²) in [4.78, 5) is 23.7. The van der Waals surface area contributed by atoms with E-state index in [-0.39, 0.29) is 23.4 Å². The molecule has 0 rings (SSSR count). The van der Waals surface area contributed by atoms with Crippen LogP contribution in [-0.4, -0.2) is 36.0 Å². The Balaban J connectivity index is 4.21. The Kier molecular flexibility index (Phi) is 7.05. The maximum Gasteiger partial charge on any atom is 0.237 e. The van der Waals surface area contributed by atoms with Gasteiger partial charge in [0.1, 0.15) is 0 Å². The van der Waals surface area contributed by atoms with Crippen LogP contribution in [0.4, 0.5) is 0 Å². The van der Waals surface area contributed by atoms with Crippen LogP contribution in [0.2, 0.25) is 0 Å². The Bertz CT molecular complexity index is 308. The second-order valence-electron chi connectivity index (χ2n) is 6.49. The van der Waals surface area contributed by atoms with Crippen LogP contribution in [0.5, 0.6) is 0 Å². The van der Waals surface area contributed by atoms with Gasteiger partial charge in [-0.15, -0.1) is 0 Å². The van der Waals surface area contributed by atoms with Crippen molar-refractivity contribution >= 4 is 11.8 Å². The lowest BCUT2D eigenvalue weighted by atomic mass is 10.1. The van der Waals surface area contributed by atoms with Crippen LogP contribution < -0.4 is 16.0 Å². The topological polar surface area (TPSA) is 70.2 Å². The van der Waals surface area contributed by atoms with Crippen LogP contribution in [0.15, 0.2) is 0 Å². The molecule has 2 amide bonds. The van der Waals surface area contributed by atoms with Crippen molar-refractivity contribution in [3.8, 4) is 0 Å². The Labute approximate surface area is 116 Å². The van der Waals surface area contributed by atoms with Gasteiger partial charge in [-0.1, -0.05) is 13.8 Å². The highest BCUT2D eigenvalue weighted by Gasteiger charge is 2.22. The van der Waals surface area contributed by atoms with E-state index >= 15 is 0 Å². The monoisotopic (exact) mass is 271 g/mol. The Morgan fingerprint density at radius 2 is 1.42 bits per heavy atom. The average molecular weight is 271 g/mol. The molecule has 0 spiro atoms. The van der Waals surface area contributed by atoms with E-state index in [2.05, 4.69) is 16.0 Å². The minimum absolute atomic E-state index is 0.0795. The lowest BCUT2D eigenvalue weighted by molar-refractivity contribution is -0.126. The highest BCUT2D eigenvalue weighted by atomic mass is 16.2. The molecule has 0 aromatic heterocycles. The molecule has 0 heterocycles. The molecule has 19 heavy (non-hydrogen) atoms. The molecule has 5 heteroatoms. The molecule has 112 valence electrons. The van der Waals surface area contributed by atoms with Gasteiger partial charge in [0, 0.05) is 12.1 Å². The smallest absolute Gasteiger partial charge is 0.237 e. The molecule has 0 radical (unpaired) electrons. The third-order valence-corrected chi connectivity index (χ3v) is 2.47. The van der Waals surface area contributed by atoms with Crippen LogP contribution in [0.25, 0.3) is 0 Å².